The van der Waals surface area contributed by atoms with Gasteiger partial charge in [-0.25, -0.2) is 4.68 Å². The molecular weight excluding hydrogens is 330 g/mol. The fourth-order valence-electron chi connectivity index (χ4n) is 2.84. The molecule has 0 unspecified atom stereocenters. The molecule has 2 N–H and O–H groups in total. The number of amides is 1. The Morgan fingerprint density at radius 2 is 1.81 bits per heavy atom. The summed E-state index contributed by atoms with van der Waals surface area (Å²) >= 11 is 0. The summed E-state index contributed by atoms with van der Waals surface area (Å²) in [5, 5.41) is 17.8. The number of aromatic nitrogens is 2. The molecule has 1 aromatic heterocycles. The minimum Gasteiger partial charge on any atom is -0.394 e. The van der Waals surface area contributed by atoms with Gasteiger partial charge in [0.2, 0.25) is 0 Å². The zero-order valence-electron chi connectivity index (χ0n) is 14.8. The summed E-state index contributed by atoms with van der Waals surface area (Å²) in [6.45, 7) is 1.81. The predicted molar refractivity (Wildman–Crippen MR) is 101 cm³/mol. The molecule has 6 heteroatoms. The number of hydrogen-bond donors (Lipinski definition) is 2. The zero-order chi connectivity index (χ0) is 18.7. The Balaban J connectivity index is 1.97. The number of rotatable bonds is 5. The van der Waals surface area contributed by atoms with Crippen LogP contribution in [-0.4, -0.2) is 33.4 Å². The molecule has 1 heterocycles. The highest BCUT2D eigenvalue weighted by Gasteiger charge is 2.13. The average molecular weight is 351 g/mol. The van der Waals surface area contributed by atoms with Crippen LogP contribution < -0.4 is 10.9 Å². The van der Waals surface area contributed by atoms with Gasteiger partial charge in [0.1, 0.15) is 0 Å². The van der Waals surface area contributed by atoms with Gasteiger partial charge in [0.25, 0.3) is 11.5 Å². The van der Waals surface area contributed by atoms with Crippen molar-refractivity contribution >= 4 is 16.7 Å². The van der Waals surface area contributed by atoms with E-state index >= 15 is 0 Å². The van der Waals surface area contributed by atoms with Crippen LogP contribution in [0.5, 0.6) is 0 Å². The molecule has 0 aliphatic heterocycles. The molecule has 6 nitrogen and oxygen atoms in total. The summed E-state index contributed by atoms with van der Waals surface area (Å²) in [6, 6.07) is 14.2. The van der Waals surface area contributed by atoms with E-state index in [0.29, 0.717) is 23.1 Å². The Morgan fingerprint density at radius 1 is 1.15 bits per heavy atom. The molecule has 0 spiro atoms. The Hall–Kier alpha value is -2.99. The Morgan fingerprint density at radius 3 is 2.42 bits per heavy atom. The van der Waals surface area contributed by atoms with E-state index in [2.05, 4.69) is 10.4 Å². The third-order valence-electron chi connectivity index (χ3n) is 4.43. The van der Waals surface area contributed by atoms with Gasteiger partial charge >= 0.3 is 0 Å². The zero-order valence-corrected chi connectivity index (χ0v) is 14.8. The highest BCUT2D eigenvalue weighted by molar-refractivity contribution is 5.96. The summed E-state index contributed by atoms with van der Waals surface area (Å²) in [7, 11) is 1.62. The topological polar surface area (TPSA) is 84.2 Å². The normalized spacial score (nSPS) is 12.1. The highest BCUT2D eigenvalue weighted by atomic mass is 16.3. The molecule has 0 radical (unpaired) electrons. The van der Waals surface area contributed by atoms with E-state index in [1.54, 1.807) is 25.2 Å². The van der Waals surface area contributed by atoms with Crippen molar-refractivity contribution in [3.05, 3.63) is 64.4 Å². The summed E-state index contributed by atoms with van der Waals surface area (Å²) in [4.78, 5) is 24.5. The van der Waals surface area contributed by atoms with E-state index in [1.165, 1.54) is 4.68 Å². The molecule has 1 atom stereocenters. The standard InChI is InChI=1S/C20H21N3O3/c1-3-15(12-24)21-19(25)14-10-8-13(9-11-14)18-16-6-4-5-7-17(16)20(26)23(2)22-18/h4-11,15,24H,3,12H2,1-2H3,(H,21,25)/t15-/m0/s1. The van der Waals surface area contributed by atoms with Crippen molar-refractivity contribution in [3.63, 3.8) is 0 Å². The molecule has 3 aromatic rings. The van der Waals surface area contributed by atoms with Gasteiger partial charge in [-0.05, 0) is 24.6 Å². The van der Waals surface area contributed by atoms with Crippen molar-refractivity contribution in [2.45, 2.75) is 19.4 Å². The first-order valence-corrected chi connectivity index (χ1v) is 8.53. The second-order valence-corrected chi connectivity index (χ2v) is 6.16. The van der Waals surface area contributed by atoms with Crippen molar-refractivity contribution in [2.75, 3.05) is 6.61 Å². The van der Waals surface area contributed by atoms with Crippen molar-refractivity contribution in [2.24, 2.45) is 7.05 Å². The molecule has 0 fully saturated rings. The Bertz CT molecular complexity index is 989. The number of fused-ring (bicyclic) bond motifs is 1. The van der Waals surface area contributed by atoms with Gasteiger partial charge in [-0.1, -0.05) is 37.3 Å². The van der Waals surface area contributed by atoms with Crippen molar-refractivity contribution < 1.29 is 9.90 Å². The molecule has 3 rings (SSSR count). The van der Waals surface area contributed by atoms with Crippen molar-refractivity contribution in [1.82, 2.24) is 15.1 Å². The van der Waals surface area contributed by atoms with Gasteiger partial charge in [-0.15, -0.1) is 0 Å². The molecule has 0 aliphatic carbocycles. The lowest BCUT2D eigenvalue weighted by atomic mass is 10.0. The summed E-state index contributed by atoms with van der Waals surface area (Å²) in [5.74, 6) is -0.226. The molecule has 0 saturated heterocycles. The van der Waals surface area contributed by atoms with Gasteiger partial charge in [0, 0.05) is 23.6 Å². The lowest BCUT2D eigenvalue weighted by Gasteiger charge is -2.14. The van der Waals surface area contributed by atoms with Gasteiger partial charge in [0.05, 0.1) is 23.7 Å². The minimum atomic E-state index is -0.253. The quantitative estimate of drug-likeness (QED) is 0.737. The van der Waals surface area contributed by atoms with E-state index in [4.69, 9.17) is 0 Å². The van der Waals surface area contributed by atoms with Crippen LogP contribution in [0.1, 0.15) is 23.7 Å². The maximum absolute atomic E-state index is 12.2. The van der Waals surface area contributed by atoms with Crippen LogP contribution in [0, 0.1) is 0 Å². The van der Waals surface area contributed by atoms with E-state index in [0.717, 1.165) is 10.9 Å². The maximum Gasteiger partial charge on any atom is 0.274 e. The number of benzene rings is 2. The van der Waals surface area contributed by atoms with E-state index < -0.39 is 0 Å². The number of aliphatic hydroxyl groups excluding tert-OH is 1. The summed E-state index contributed by atoms with van der Waals surface area (Å²) in [6.07, 6.45) is 0.661. The average Bonchev–Trinajstić information content (AvgIpc) is 2.69. The van der Waals surface area contributed by atoms with Gasteiger partial charge in [-0.3, -0.25) is 9.59 Å². The number of aliphatic hydroxyl groups is 1. The lowest BCUT2D eigenvalue weighted by Crippen LogP contribution is -2.36. The first-order chi connectivity index (χ1) is 12.5. The third kappa shape index (κ3) is 3.36. The van der Waals surface area contributed by atoms with Gasteiger partial charge in [0.15, 0.2) is 0 Å². The molecule has 134 valence electrons. The number of aryl methyl sites for hydroxylation is 1. The summed E-state index contributed by atoms with van der Waals surface area (Å²) < 4.78 is 1.32. The number of carbonyl (C=O) groups excluding carboxylic acids is 1. The second kappa shape index (κ2) is 7.49. The van der Waals surface area contributed by atoms with E-state index in [1.807, 2.05) is 37.3 Å². The second-order valence-electron chi connectivity index (χ2n) is 6.16. The largest absolute Gasteiger partial charge is 0.394 e. The first-order valence-electron chi connectivity index (χ1n) is 8.53. The van der Waals surface area contributed by atoms with Crippen LogP contribution in [-0.2, 0) is 7.05 Å². The fraction of sp³-hybridized carbons (Fsp3) is 0.250. The predicted octanol–water partition coefficient (Wildman–Crippen LogP) is 2.10. The SMILES string of the molecule is CC[C@@H](CO)NC(=O)c1ccc(-c2nn(C)c(=O)c3ccccc23)cc1. The first kappa shape index (κ1) is 17.8. The smallest absolute Gasteiger partial charge is 0.274 e. The summed E-state index contributed by atoms with van der Waals surface area (Å²) in [5.41, 5.74) is 1.88. The van der Waals surface area contributed by atoms with Crippen LogP contribution in [0.2, 0.25) is 0 Å². The Kier molecular flexibility index (Phi) is 5.14. The van der Waals surface area contributed by atoms with Crippen LogP contribution in [0.4, 0.5) is 0 Å². The minimum absolute atomic E-state index is 0.0890. The van der Waals surface area contributed by atoms with Crippen molar-refractivity contribution in [1.29, 1.82) is 0 Å². The monoisotopic (exact) mass is 351 g/mol. The van der Waals surface area contributed by atoms with E-state index in [9.17, 15) is 14.7 Å². The lowest BCUT2D eigenvalue weighted by molar-refractivity contribution is 0.0915. The molecule has 0 aliphatic rings. The Labute approximate surface area is 151 Å². The maximum atomic E-state index is 12.2. The van der Waals surface area contributed by atoms with Crippen molar-refractivity contribution in [3.8, 4) is 11.3 Å². The van der Waals surface area contributed by atoms with Gasteiger partial charge in [-0.2, -0.15) is 5.10 Å². The molecule has 26 heavy (non-hydrogen) atoms. The molecule has 0 bridgehead atoms. The third-order valence-corrected chi connectivity index (χ3v) is 4.43. The molecule has 1 amide bonds. The van der Waals surface area contributed by atoms with Crippen LogP contribution in [0.25, 0.3) is 22.0 Å². The fourth-order valence-corrected chi connectivity index (χ4v) is 2.84. The molecule has 0 saturated carbocycles. The number of nitrogens with zero attached hydrogens (tertiary/aromatic N) is 2. The van der Waals surface area contributed by atoms with Crippen LogP contribution >= 0.6 is 0 Å². The van der Waals surface area contributed by atoms with Crippen LogP contribution in [0.3, 0.4) is 0 Å². The van der Waals surface area contributed by atoms with Crippen LogP contribution in [0.15, 0.2) is 53.3 Å². The molecule has 2 aromatic carbocycles. The van der Waals surface area contributed by atoms with E-state index in [-0.39, 0.29) is 24.1 Å². The number of carbonyl (C=O) groups is 1. The molecular formula is C20H21N3O3. The van der Waals surface area contributed by atoms with Gasteiger partial charge < -0.3 is 10.4 Å². The number of hydrogen-bond acceptors (Lipinski definition) is 4. The highest BCUT2D eigenvalue weighted by Crippen LogP contribution is 2.24. The number of nitrogens with one attached hydrogen (secondary N) is 1.